The van der Waals surface area contributed by atoms with Crippen LogP contribution < -0.4 is 10.5 Å². The highest BCUT2D eigenvalue weighted by Gasteiger charge is 2.28. The summed E-state index contributed by atoms with van der Waals surface area (Å²) in [5, 5.41) is 0. The molecule has 126 valence electrons. The fourth-order valence-corrected chi connectivity index (χ4v) is 2.44. The number of nitrogens with two attached hydrogens (primary N) is 1. The van der Waals surface area contributed by atoms with Gasteiger partial charge in [0.05, 0.1) is 13.2 Å². The van der Waals surface area contributed by atoms with E-state index in [0.29, 0.717) is 31.1 Å². The molecule has 1 aromatic carbocycles. The number of benzene rings is 1. The van der Waals surface area contributed by atoms with Gasteiger partial charge in [0.2, 0.25) is 0 Å². The molecule has 1 aliphatic rings. The van der Waals surface area contributed by atoms with Crippen LogP contribution in [-0.4, -0.2) is 47.1 Å². The van der Waals surface area contributed by atoms with Crippen molar-refractivity contribution in [3.05, 3.63) is 48.2 Å². The molecule has 0 bridgehead atoms. The number of carbonyl (C=O) groups is 1. The van der Waals surface area contributed by atoms with Crippen molar-refractivity contribution < 1.29 is 18.7 Å². The molecule has 8 heteroatoms. The molecule has 3 rings (SSSR count). The first-order chi connectivity index (χ1) is 11.6. The molecule has 2 heterocycles. The molecule has 1 amide bonds. The first-order valence-electron chi connectivity index (χ1n) is 7.47. The summed E-state index contributed by atoms with van der Waals surface area (Å²) in [6, 6.07) is 5.66. The third-order valence-electron chi connectivity index (χ3n) is 3.64. The summed E-state index contributed by atoms with van der Waals surface area (Å²) in [6.07, 6.45) is 2.60. The quantitative estimate of drug-likeness (QED) is 0.904. The Morgan fingerprint density at radius 3 is 3.04 bits per heavy atom. The molecule has 1 fully saturated rings. The van der Waals surface area contributed by atoms with Crippen molar-refractivity contribution in [3.8, 4) is 5.75 Å². The average molecular weight is 332 g/mol. The van der Waals surface area contributed by atoms with Crippen LogP contribution in [0, 0.1) is 5.82 Å². The molecule has 0 radical (unpaired) electrons. The van der Waals surface area contributed by atoms with Gasteiger partial charge in [-0.15, -0.1) is 0 Å². The van der Waals surface area contributed by atoms with Crippen molar-refractivity contribution in [2.75, 3.05) is 32.0 Å². The zero-order valence-electron chi connectivity index (χ0n) is 12.9. The number of aromatic nitrogens is 2. The van der Waals surface area contributed by atoms with E-state index in [9.17, 15) is 9.18 Å². The lowest BCUT2D eigenvalue weighted by Crippen LogP contribution is -2.44. The van der Waals surface area contributed by atoms with E-state index in [1.54, 1.807) is 11.0 Å². The van der Waals surface area contributed by atoms with Gasteiger partial charge in [-0.25, -0.2) is 9.37 Å². The number of halogens is 1. The van der Waals surface area contributed by atoms with Gasteiger partial charge >= 0.3 is 0 Å². The smallest absolute Gasteiger partial charge is 0.260 e. The van der Waals surface area contributed by atoms with Crippen LogP contribution in [0.1, 0.15) is 11.8 Å². The van der Waals surface area contributed by atoms with Crippen LogP contribution in [0.15, 0.2) is 36.7 Å². The molecule has 2 N–H and O–H groups in total. The Kier molecular flexibility index (Phi) is 4.85. The molecule has 24 heavy (non-hydrogen) atoms. The van der Waals surface area contributed by atoms with Gasteiger partial charge in [0.1, 0.15) is 29.2 Å². The van der Waals surface area contributed by atoms with Crippen molar-refractivity contribution in [2.24, 2.45) is 0 Å². The van der Waals surface area contributed by atoms with Gasteiger partial charge in [0.15, 0.2) is 6.61 Å². The van der Waals surface area contributed by atoms with Crippen LogP contribution in [0.2, 0.25) is 0 Å². The summed E-state index contributed by atoms with van der Waals surface area (Å²) >= 11 is 0. The SMILES string of the molecule is Nc1nccnc1C1CN(C(=O)COc2cccc(F)c2)CCO1. The normalized spacial score (nSPS) is 17.5. The molecule has 0 spiro atoms. The van der Waals surface area contributed by atoms with E-state index < -0.39 is 11.9 Å². The van der Waals surface area contributed by atoms with E-state index in [2.05, 4.69) is 9.97 Å². The Labute approximate surface area is 138 Å². The molecule has 1 atom stereocenters. The minimum Gasteiger partial charge on any atom is -0.484 e. The molecular weight excluding hydrogens is 315 g/mol. The summed E-state index contributed by atoms with van der Waals surface area (Å²) in [4.78, 5) is 22.1. The average Bonchev–Trinajstić information content (AvgIpc) is 2.60. The van der Waals surface area contributed by atoms with Gasteiger partial charge in [-0.1, -0.05) is 6.07 Å². The summed E-state index contributed by atoms with van der Waals surface area (Å²) in [5.74, 6) is -0.0290. The predicted molar refractivity (Wildman–Crippen MR) is 83.6 cm³/mol. The highest BCUT2D eigenvalue weighted by atomic mass is 19.1. The van der Waals surface area contributed by atoms with E-state index in [0.717, 1.165) is 0 Å². The van der Waals surface area contributed by atoms with Crippen molar-refractivity contribution in [1.82, 2.24) is 14.9 Å². The standard InChI is InChI=1S/C16H17FN4O3/c17-11-2-1-3-12(8-11)24-10-14(22)21-6-7-23-13(9-21)15-16(18)20-5-4-19-15/h1-5,8,13H,6-7,9-10H2,(H2,18,20). The Bertz CT molecular complexity index is 728. The monoisotopic (exact) mass is 332 g/mol. The van der Waals surface area contributed by atoms with E-state index in [1.807, 2.05) is 0 Å². The second-order valence-corrected chi connectivity index (χ2v) is 5.27. The van der Waals surface area contributed by atoms with Crippen molar-refractivity contribution in [1.29, 1.82) is 0 Å². The zero-order valence-corrected chi connectivity index (χ0v) is 12.9. The number of amides is 1. The number of carbonyl (C=O) groups excluding carboxylic acids is 1. The number of hydrogen-bond donors (Lipinski definition) is 1. The molecule has 1 aromatic heterocycles. The highest BCUT2D eigenvalue weighted by molar-refractivity contribution is 5.78. The summed E-state index contributed by atoms with van der Waals surface area (Å²) < 4.78 is 24.1. The van der Waals surface area contributed by atoms with Crippen molar-refractivity contribution >= 4 is 11.7 Å². The topological polar surface area (TPSA) is 90.6 Å². The van der Waals surface area contributed by atoms with Crippen LogP contribution in [0.5, 0.6) is 5.75 Å². The number of rotatable bonds is 4. The maximum atomic E-state index is 13.1. The molecule has 0 saturated carbocycles. The number of nitrogens with zero attached hydrogens (tertiary/aromatic N) is 3. The number of ether oxygens (including phenoxy) is 2. The predicted octanol–water partition coefficient (Wildman–Crippen LogP) is 1.18. The van der Waals surface area contributed by atoms with Crippen LogP contribution >= 0.6 is 0 Å². The van der Waals surface area contributed by atoms with Crippen LogP contribution in [0.3, 0.4) is 0 Å². The Hall–Kier alpha value is -2.74. The summed E-state index contributed by atoms with van der Waals surface area (Å²) in [7, 11) is 0. The van der Waals surface area contributed by atoms with E-state index in [-0.39, 0.29) is 18.3 Å². The van der Waals surface area contributed by atoms with Gasteiger partial charge in [-0.2, -0.15) is 0 Å². The first kappa shape index (κ1) is 16.1. The van der Waals surface area contributed by atoms with Gasteiger partial charge in [-0.05, 0) is 12.1 Å². The lowest BCUT2D eigenvalue weighted by atomic mass is 10.2. The first-order valence-corrected chi connectivity index (χ1v) is 7.47. The molecule has 1 unspecified atom stereocenters. The molecule has 0 aliphatic carbocycles. The Morgan fingerprint density at radius 1 is 1.42 bits per heavy atom. The van der Waals surface area contributed by atoms with Crippen LogP contribution in [-0.2, 0) is 9.53 Å². The fourth-order valence-electron chi connectivity index (χ4n) is 2.44. The van der Waals surface area contributed by atoms with E-state index in [1.165, 1.54) is 30.6 Å². The minimum absolute atomic E-state index is 0.174. The second-order valence-electron chi connectivity index (χ2n) is 5.27. The zero-order chi connectivity index (χ0) is 16.9. The Balaban J connectivity index is 1.60. The van der Waals surface area contributed by atoms with Crippen molar-refractivity contribution in [2.45, 2.75) is 6.10 Å². The maximum Gasteiger partial charge on any atom is 0.260 e. The number of nitrogen functional groups attached to an aromatic ring is 1. The third kappa shape index (κ3) is 3.77. The molecule has 7 nitrogen and oxygen atoms in total. The van der Waals surface area contributed by atoms with E-state index >= 15 is 0 Å². The van der Waals surface area contributed by atoms with Crippen LogP contribution in [0.25, 0.3) is 0 Å². The summed E-state index contributed by atoms with van der Waals surface area (Å²) in [5.41, 5.74) is 6.32. The second kappa shape index (κ2) is 7.22. The summed E-state index contributed by atoms with van der Waals surface area (Å²) in [6.45, 7) is 0.953. The maximum absolute atomic E-state index is 13.1. The fraction of sp³-hybridized carbons (Fsp3) is 0.312. The lowest BCUT2D eigenvalue weighted by molar-refractivity contribution is -0.141. The number of hydrogen-bond acceptors (Lipinski definition) is 6. The molecule has 1 saturated heterocycles. The van der Waals surface area contributed by atoms with Gasteiger partial charge < -0.3 is 20.1 Å². The lowest BCUT2D eigenvalue weighted by Gasteiger charge is -2.32. The molecule has 2 aromatic rings. The van der Waals surface area contributed by atoms with Crippen LogP contribution in [0.4, 0.5) is 10.2 Å². The number of morpholine rings is 1. The minimum atomic E-state index is -0.425. The van der Waals surface area contributed by atoms with E-state index in [4.69, 9.17) is 15.2 Å². The Morgan fingerprint density at radius 2 is 2.25 bits per heavy atom. The third-order valence-corrected chi connectivity index (χ3v) is 3.64. The highest BCUT2D eigenvalue weighted by Crippen LogP contribution is 2.23. The molecule has 1 aliphatic heterocycles. The number of anilines is 1. The molecular formula is C16H17FN4O3. The van der Waals surface area contributed by atoms with Gasteiger partial charge in [0, 0.05) is 25.0 Å². The largest absolute Gasteiger partial charge is 0.484 e. The van der Waals surface area contributed by atoms with Crippen molar-refractivity contribution in [3.63, 3.8) is 0 Å². The van der Waals surface area contributed by atoms with Gasteiger partial charge in [0.25, 0.3) is 5.91 Å². The van der Waals surface area contributed by atoms with Gasteiger partial charge in [-0.3, -0.25) is 9.78 Å².